The Kier molecular flexibility index (Phi) is 4.60. The van der Waals surface area contributed by atoms with Crippen LogP contribution in [0.5, 0.6) is 0 Å². The number of rotatable bonds is 4. The summed E-state index contributed by atoms with van der Waals surface area (Å²) in [5, 5.41) is 4.67. The van der Waals surface area contributed by atoms with E-state index < -0.39 is 0 Å². The molecule has 0 fully saturated rings. The monoisotopic (exact) mass is 447 g/mol. The number of nitrogens with zero attached hydrogens (tertiary/aromatic N) is 4. The first-order valence-corrected chi connectivity index (χ1v) is 10.6. The van der Waals surface area contributed by atoms with Crippen molar-refractivity contribution in [1.82, 2.24) is 25.0 Å². The Balaban J connectivity index is 1.66. The van der Waals surface area contributed by atoms with Crippen molar-refractivity contribution in [3.05, 3.63) is 76.4 Å². The second-order valence-corrected chi connectivity index (χ2v) is 8.28. The maximum Gasteiger partial charge on any atom is 0.0707 e. The first-order valence-electron chi connectivity index (χ1n) is 9.83. The molecule has 1 aliphatic heterocycles. The van der Waals surface area contributed by atoms with E-state index in [0.717, 1.165) is 29.8 Å². The number of hydrogen-bond donors (Lipinski definition) is 1. The number of hydrazine groups is 1. The number of hydrogen-bond acceptors (Lipinski definition) is 4. The highest BCUT2D eigenvalue weighted by atomic mass is 79.9. The number of benzene rings is 1. The van der Waals surface area contributed by atoms with Crippen LogP contribution in [0.15, 0.2) is 59.6 Å². The van der Waals surface area contributed by atoms with Gasteiger partial charge in [0.15, 0.2) is 0 Å². The van der Waals surface area contributed by atoms with Crippen LogP contribution in [-0.4, -0.2) is 26.1 Å². The second-order valence-electron chi connectivity index (χ2n) is 7.36. The summed E-state index contributed by atoms with van der Waals surface area (Å²) in [5.41, 5.74) is 10.8. The van der Waals surface area contributed by atoms with Crippen molar-refractivity contribution in [2.45, 2.75) is 26.9 Å². The SMILES string of the molecule is CCn1c2c(C3=CN(Cc4cccnc4)NC3)cc(Br)cc2c2ccnc(C)c21. The molecule has 1 aromatic carbocycles. The highest BCUT2D eigenvalue weighted by Crippen LogP contribution is 2.37. The number of nitrogens with one attached hydrogen (secondary N) is 1. The third-order valence-corrected chi connectivity index (χ3v) is 5.99. The van der Waals surface area contributed by atoms with Gasteiger partial charge in [-0.05, 0) is 49.2 Å². The summed E-state index contributed by atoms with van der Waals surface area (Å²) in [6.07, 6.45) is 7.84. The summed E-state index contributed by atoms with van der Waals surface area (Å²) >= 11 is 3.74. The summed E-state index contributed by atoms with van der Waals surface area (Å²) in [5.74, 6) is 0. The highest BCUT2D eigenvalue weighted by Gasteiger charge is 2.21. The van der Waals surface area contributed by atoms with E-state index in [4.69, 9.17) is 0 Å². The van der Waals surface area contributed by atoms with Crippen LogP contribution in [-0.2, 0) is 13.1 Å². The van der Waals surface area contributed by atoms with Crippen molar-refractivity contribution in [3.8, 4) is 0 Å². The van der Waals surface area contributed by atoms with Gasteiger partial charge in [-0.3, -0.25) is 9.97 Å². The smallest absolute Gasteiger partial charge is 0.0707 e. The van der Waals surface area contributed by atoms with Gasteiger partial charge in [-0.25, -0.2) is 5.43 Å². The molecule has 0 aliphatic carbocycles. The molecule has 29 heavy (non-hydrogen) atoms. The molecule has 5 nitrogen and oxygen atoms in total. The number of pyridine rings is 2. The van der Waals surface area contributed by atoms with Crippen LogP contribution in [0.2, 0.25) is 0 Å². The maximum atomic E-state index is 4.55. The van der Waals surface area contributed by atoms with Gasteiger partial charge in [0, 0.05) is 58.7 Å². The Labute approximate surface area is 178 Å². The standard InChI is InChI=1S/C23H22BrN5/c1-3-29-22-15(2)26-8-6-19(22)21-10-18(24)9-20(23(21)29)17-12-27-28(14-17)13-16-5-4-7-25-11-16/h4-11,14,27H,3,12-13H2,1-2H3. The lowest BCUT2D eigenvalue weighted by molar-refractivity contribution is 0.298. The van der Waals surface area contributed by atoms with Gasteiger partial charge in [0.25, 0.3) is 0 Å². The average Bonchev–Trinajstić information content (AvgIpc) is 3.31. The zero-order valence-corrected chi connectivity index (χ0v) is 18.1. The van der Waals surface area contributed by atoms with Gasteiger partial charge in [0.05, 0.1) is 23.3 Å². The number of fused-ring (bicyclic) bond motifs is 3. The molecular weight excluding hydrogens is 426 g/mol. The van der Waals surface area contributed by atoms with E-state index in [2.05, 4.69) is 85.2 Å². The van der Waals surface area contributed by atoms with E-state index in [0.29, 0.717) is 0 Å². The first kappa shape index (κ1) is 18.3. The fraction of sp³-hybridized carbons (Fsp3) is 0.217. The van der Waals surface area contributed by atoms with Crippen LogP contribution in [0.3, 0.4) is 0 Å². The van der Waals surface area contributed by atoms with Gasteiger partial charge in [0.2, 0.25) is 0 Å². The highest BCUT2D eigenvalue weighted by molar-refractivity contribution is 9.10. The van der Waals surface area contributed by atoms with Gasteiger partial charge in [0.1, 0.15) is 0 Å². The van der Waals surface area contributed by atoms with Gasteiger partial charge in [-0.15, -0.1) is 0 Å². The van der Waals surface area contributed by atoms with E-state index in [-0.39, 0.29) is 0 Å². The summed E-state index contributed by atoms with van der Waals surface area (Å²) < 4.78 is 3.50. The molecular formula is C23H22BrN5. The quantitative estimate of drug-likeness (QED) is 0.476. The molecule has 0 saturated carbocycles. The molecule has 1 aliphatic rings. The van der Waals surface area contributed by atoms with Crippen molar-refractivity contribution in [2.75, 3.05) is 6.54 Å². The fourth-order valence-electron chi connectivity index (χ4n) is 4.31. The van der Waals surface area contributed by atoms with Gasteiger partial charge in [-0.2, -0.15) is 0 Å². The van der Waals surface area contributed by atoms with E-state index in [1.807, 2.05) is 18.5 Å². The van der Waals surface area contributed by atoms with Gasteiger partial charge in [-0.1, -0.05) is 22.0 Å². The van der Waals surface area contributed by atoms with Crippen molar-refractivity contribution < 1.29 is 0 Å². The van der Waals surface area contributed by atoms with Crippen molar-refractivity contribution in [3.63, 3.8) is 0 Å². The largest absolute Gasteiger partial charge is 0.339 e. The Hall–Kier alpha value is -2.70. The zero-order chi connectivity index (χ0) is 20.0. The molecule has 4 heterocycles. The zero-order valence-electron chi connectivity index (χ0n) is 16.5. The lowest BCUT2D eigenvalue weighted by Gasteiger charge is -2.14. The normalized spacial score (nSPS) is 14.2. The fourth-order valence-corrected chi connectivity index (χ4v) is 4.76. The molecule has 0 amide bonds. The minimum absolute atomic E-state index is 0.786. The second kappa shape index (κ2) is 7.28. The summed E-state index contributed by atoms with van der Waals surface area (Å²) in [7, 11) is 0. The third-order valence-electron chi connectivity index (χ3n) is 5.53. The molecule has 0 bridgehead atoms. The third kappa shape index (κ3) is 3.12. The van der Waals surface area contributed by atoms with E-state index in [9.17, 15) is 0 Å². The molecule has 146 valence electrons. The van der Waals surface area contributed by atoms with E-state index in [1.165, 1.54) is 38.5 Å². The predicted molar refractivity (Wildman–Crippen MR) is 121 cm³/mol. The van der Waals surface area contributed by atoms with Gasteiger partial charge < -0.3 is 9.58 Å². The molecule has 1 N–H and O–H groups in total. The number of aryl methyl sites for hydroxylation is 2. The van der Waals surface area contributed by atoms with Crippen LogP contribution in [0.1, 0.15) is 23.7 Å². The summed E-state index contributed by atoms with van der Waals surface area (Å²) in [4.78, 5) is 8.77. The molecule has 0 unspecified atom stereocenters. The Morgan fingerprint density at radius 1 is 1.14 bits per heavy atom. The molecule has 0 radical (unpaired) electrons. The molecule has 0 atom stereocenters. The minimum atomic E-state index is 0.786. The van der Waals surface area contributed by atoms with Crippen LogP contribution < -0.4 is 5.43 Å². The van der Waals surface area contributed by atoms with Crippen molar-refractivity contribution in [2.24, 2.45) is 0 Å². The lowest BCUT2D eigenvalue weighted by Crippen LogP contribution is -2.28. The number of halogens is 1. The molecule has 5 rings (SSSR count). The first-order chi connectivity index (χ1) is 14.2. The molecule has 6 heteroatoms. The van der Waals surface area contributed by atoms with Crippen molar-refractivity contribution >= 4 is 43.3 Å². The van der Waals surface area contributed by atoms with Crippen LogP contribution >= 0.6 is 15.9 Å². The average molecular weight is 448 g/mol. The molecule has 0 saturated heterocycles. The van der Waals surface area contributed by atoms with Crippen molar-refractivity contribution in [1.29, 1.82) is 0 Å². The topological polar surface area (TPSA) is 46.0 Å². The molecule has 3 aromatic heterocycles. The van der Waals surface area contributed by atoms with Crippen LogP contribution in [0, 0.1) is 6.92 Å². The Morgan fingerprint density at radius 3 is 2.83 bits per heavy atom. The molecule has 4 aromatic rings. The van der Waals surface area contributed by atoms with Crippen LogP contribution in [0.4, 0.5) is 0 Å². The molecule has 0 spiro atoms. The Morgan fingerprint density at radius 2 is 2.03 bits per heavy atom. The lowest BCUT2D eigenvalue weighted by atomic mass is 10.0. The minimum Gasteiger partial charge on any atom is -0.339 e. The van der Waals surface area contributed by atoms with E-state index in [1.54, 1.807) is 6.20 Å². The van der Waals surface area contributed by atoms with Gasteiger partial charge >= 0.3 is 0 Å². The summed E-state index contributed by atoms with van der Waals surface area (Å²) in [6, 6.07) is 10.7. The van der Waals surface area contributed by atoms with E-state index >= 15 is 0 Å². The predicted octanol–water partition coefficient (Wildman–Crippen LogP) is 5.04. The van der Waals surface area contributed by atoms with Crippen LogP contribution in [0.25, 0.3) is 27.4 Å². The Bertz CT molecular complexity index is 1240. The number of aromatic nitrogens is 3. The summed E-state index contributed by atoms with van der Waals surface area (Å²) in [6.45, 7) is 6.78. The maximum absolute atomic E-state index is 4.55.